The number of hydrogen-bond acceptors (Lipinski definition) is 2. The smallest absolute Gasteiger partial charge is 0.0329 e. The van der Waals surface area contributed by atoms with E-state index in [2.05, 4.69) is 55.4 Å². The van der Waals surface area contributed by atoms with Crippen LogP contribution in [0.1, 0.15) is 49.8 Å². The maximum absolute atomic E-state index is 3.47. The lowest BCUT2D eigenvalue weighted by Gasteiger charge is -2.26. The molecule has 2 rings (SSSR count). The van der Waals surface area contributed by atoms with E-state index in [-0.39, 0.29) is 0 Å². The van der Waals surface area contributed by atoms with Crippen LogP contribution in [-0.4, -0.2) is 31.1 Å². The third kappa shape index (κ3) is 3.80. The van der Waals surface area contributed by atoms with E-state index in [0.29, 0.717) is 6.04 Å². The normalized spacial score (nSPS) is 21.7. The van der Waals surface area contributed by atoms with E-state index < -0.39 is 0 Å². The fourth-order valence-corrected chi connectivity index (χ4v) is 3.22. The van der Waals surface area contributed by atoms with Crippen molar-refractivity contribution in [2.45, 2.75) is 51.6 Å². The van der Waals surface area contributed by atoms with Gasteiger partial charge < -0.3 is 10.2 Å². The maximum Gasteiger partial charge on any atom is 0.0329 e. The topological polar surface area (TPSA) is 15.3 Å². The minimum Gasteiger partial charge on any atom is -0.313 e. The molecular formula is C17H28N2. The van der Waals surface area contributed by atoms with Crippen molar-refractivity contribution in [3.8, 4) is 0 Å². The fourth-order valence-electron chi connectivity index (χ4n) is 3.22. The van der Waals surface area contributed by atoms with Crippen LogP contribution < -0.4 is 5.32 Å². The van der Waals surface area contributed by atoms with E-state index in [1.54, 1.807) is 0 Å². The molecule has 0 aromatic heterocycles. The van der Waals surface area contributed by atoms with Crippen LogP contribution in [0, 0.1) is 6.92 Å². The van der Waals surface area contributed by atoms with Crippen molar-refractivity contribution in [2.24, 2.45) is 0 Å². The highest BCUT2D eigenvalue weighted by Gasteiger charge is 2.23. The van der Waals surface area contributed by atoms with Crippen LogP contribution >= 0.6 is 0 Å². The van der Waals surface area contributed by atoms with Gasteiger partial charge in [-0.3, -0.25) is 0 Å². The van der Waals surface area contributed by atoms with Gasteiger partial charge in [-0.2, -0.15) is 0 Å². The Kier molecular flexibility index (Phi) is 5.41. The molecule has 1 fully saturated rings. The molecule has 1 heterocycles. The van der Waals surface area contributed by atoms with Crippen LogP contribution in [0.5, 0.6) is 0 Å². The van der Waals surface area contributed by atoms with Crippen molar-refractivity contribution in [1.29, 1.82) is 0 Å². The Bertz CT molecular complexity index is 371. The molecule has 1 aromatic carbocycles. The minimum atomic E-state index is 0.485. The van der Waals surface area contributed by atoms with E-state index in [1.807, 2.05) is 0 Å². The quantitative estimate of drug-likeness (QED) is 0.842. The minimum absolute atomic E-state index is 0.485. The van der Waals surface area contributed by atoms with Crippen LogP contribution in [0.4, 0.5) is 0 Å². The van der Waals surface area contributed by atoms with Gasteiger partial charge >= 0.3 is 0 Å². The highest BCUT2D eigenvalue weighted by Crippen LogP contribution is 2.23. The van der Waals surface area contributed by atoms with E-state index >= 15 is 0 Å². The number of aryl methyl sites for hydroxylation is 1. The van der Waals surface area contributed by atoms with Crippen LogP contribution in [-0.2, 0) is 0 Å². The molecular weight excluding hydrogens is 232 g/mol. The largest absolute Gasteiger partial charge is 0.313 e. The van der Waals surface area contributed by atoms with Gasteiger partial charge in [-0.1, -0.05) is 36.8 Å². The van der Waals surface area contributed by atoms with Crippen LogP contribution in [0.15, 0.2) is 24.3 Å². The van der Waals surface area contributed by atoms with Crippen molar-refractivity contribution in [3.05, 3.63) is 35.4 Å². The van der Waals surface area contributed by atoms with Crippen LogP contribution in [0.25, 0.3) is 0 Å². The van der Waals surface area contributed by atoms with Crippen molar-refractivity contribution in [3.63, 3.8) is 0 Å². The molecule has 1 aliphatic rings. The monoisotopic (exact) mass is 260 g/mol. The summed E-state index contributed by atoms with van der Waals surface area (Å²) in [7, 11) is 2.08. The zero-order valence-corrected chi connectivity index (χ0v) is 12.7. The average molecular weight is 260 g/mol. The van der Waals surface area contributed by atoms with E-state index in [0.717, 1.165) is 6.04 Å². The van der Waals surface area contributed by atoms with E-state index in [4.69, 9.17) is 0 Å². The van der Waals surface area contributed by atoms with Gasteiger partial charge in [0.15, 0.2) is 0 Å². The number of rotatable bonds is 6. The summed E-state index contributed by atoms with van der Waals surface area (Å²) >= 11 is 0. The number of benzene rings is 1. The number of hydrogen-bond donors (Lipinski definition) is 1. The molecule has 0 bridgehead atoms. The predicted molar refractivity (Wildman–Crippen MR) is 82.5 cm³/mol. The molecule has 2 nitrogen and oxygen atoms in total. The predicted octanol–water partition coefficient (Wildman–Crippen LogP) is 3.52. The van der Waals surface area contributed by atoms with Gasteiger partial charge in [0.1, 0.15) is 0 Å². The zero-order valence-electron chi connectivity index (χ0n) is 12.7. The summed E-state index contributed by atoms with van der Waals surface area (Å²) in [6, 6.07) is 10.3. The Hall–Kier alpha value is -0.860. The second kappa shape index (κ2) is 7.06. The highest BCUT2D eigenvalue weighted by atomic mass is 15.2. The first-order valence-electron chi connectivity index (χ1n) is 7.72. The molecule has 2 atom stereocenters. The van der Waals surface area contributed by atoms with Crippen molar-refractivity contribution in [2.75, 3.05) is 20.1 Å². The first kappa shape index (κ1) is 14.5. The Morgan fingerprint density at radius 3 is 2.68 bits per heavy atom. The van der Waals surface area contributed by atoms with Crippen LogP contribution in [0.2, 0.25) is 0 Å². The lowest BCUT2D eigenvalue weighted by molar-refractivity contribution is 0.235. The van der Waals surface area contributed by atoms with Gasteiger partial charge in [0.05, 0.1) is 0 Å². The van der Waals surface area contributed by atoms with Gasteiger partial charge in [-0.25, -0.2) is 0 Å². The first-order valence-corrected chi connectivity index (χ1v) is 7.72. The van der Waals surface area contributed by atoms with E-state index in [1.165, 1.54) is 49.9 Å². The molecule has 0 aliphatic carbocycles. The summed E-state index contributed by atoms with van der Waals surface area (Å²) in [4.78, 5) is 2.68. The molecule has 106 valence electrons. The highest BCUT2D eigenvalue weighted by molar-refractivity contribution is 5.24. The van der Waals surface area contributed by atoms with Crippen molar-refractivity contribution < 1.29 is 0 Å². The third-order valence-corrected chi connectivity index (χ3v) is 4.50. The van der Waals surface area contributed by atoms with Gasteiger partial charge in [-0.05, 0) is 51.8 Å². The van der Waals surface area contributed by atoms with Crippen molar-refractivity contribution in [1.82, 2.24) is 10.2 Å². The molecule has 1 N–H and O–H groups in total. The molecule has 0 amide bonds. The Morgan fingerprint density at radius 1 is 1.32 bits per heavy atom. The number of nitrogens with one attached hydrogen (secondary N) is 1. The summed E-state index contributed by atoms with van der Waals surface area (Å²) in [5.41, 5.74) is 2.75. The molecule has 2 heteroatoms. The maximum atomic E-state index is 3.47. The summed E-state index contributed by atoms with van der Waals surface area (Å²) in [5.74, 6) is 0. The molecule has 1 aromatic rings. The number of nitrogens with zero attached hydrogens (tertiary/aromatic N) is 1. The first-order chi connectivity index (χ1) is 9.24. The molecule has 0 saturated carbocycles. The molecule has 0 spiro atoms. The Morgan fingerprint density at radius 2 is 2.05 bits per heavy atom. The summed E-state index contributed by atoms with van der Waals surface area (Å²) < 4.78 is 0. The van der Waals surface area contributed by atoms with Gasteiger partial charge in [0, 0.05) is 18.6 Å². The van der Waals surface area contributed by atoms with E-state index in [9.17, 15) is 0 Å². The summed E-state index contributed by atoms with van der Waals surface area (Å²) in [5, 5.41) is 3.47. The number of likely N-dealkylation sites (tertiary alicyclic amines) is 1. The molecule has 1 saturated heterocycles. The van der Waals surface area contributed by atoms with Gasteiger partial charge in [0.25, 0.3) is 0 Å². The third-order valence-electron chi connectivity index (χ3n) is 4.50. The van der Waals surface area contributed by atoms with Gasteiger partial charge in [-0.15, -0.1) is 0 Å². The van der Waals surface area contributed by atoms with Crippen LogP contribution in [0.3, 0.4) is 0 Å². The van der Waals surface area contributed by atoms with Gasteiger partial charge in [0.2, 0.25) is 0 Å². The molecule has 0 radical (unpaired) electrons. The second-order valence-electron chi connectivity index (χ2n) is 5.78. The summed E-state index contributed by atoms with van der Waals surface area (Å²) in [6.45, 7) is 6.98. The lowest BCUT2D eigenvalue weighted by Crippen LogP contribution is -2.32. The van der Waals surface area contributed by atoms with Crippen molar-refractivity contribution >= 4 is 0 Å². The SMILES string of the molecule is CCC1CCCN1CCC(NC)c1ccc(C)cc1. The lowest BCUT2D eigenvalue weighted by atomic mass is 10.0. The Labute approximate surface area is 118 Å². The molecule has 2 unspecified atom stereocenters. The molecule has 1 aliphatic heterocycles. The molecule has 19 heavy (non-hydrogen) atoms. The zero-order chi connectivity index (χ0) is 13.7. The Balaban J connectivity index is 1.90. The summed E-state index contributed by atoms with van der Waals surface area (Å²) in [6.07, 6.45) is 5.28. The average Bonchev–Trinajstić information content (AvgIpc) is 2.89. The second-order valence-corrected chi connectivity index (χ2v) is 5.78. The fraction of sp³-hybridized carbons (Fsp3) is 0.647. The standard InChI is InChI=1S/C17H28N2/c1-4-16-6-5-12-19(16)13-11-17(18-3)15-9-7-14(2)8-10-15/h7-10,16-18H,4-6,11-13H2,1-3H3.